The Kier molecular flexibility index (Phi) is 3.74. The molecule has 1 saturated heterocycles. The summed E-state index contributed by atoms with van der Waals surface area (Å²) >= 11 is 0. The first kappa shape index (κ1) is 13.9. The Morgan fingerprint density at radius 2 is 2.20 bits per heavy atom. The van der Waals surface area contributed by atoms with Gasteiger partial charge < -0.3 is 10.1 Å². The van der Waals surface area contributed by atoms with Gasteiger partial charge in [-0.25, -0.2) is 0 Å². The molecule has 2 aliphatic rings. The maximum atomic E-state index is 5.95. The highest BCUT2D eigenvalue weighted by atomic mass is 16.5. The first-order valence-electron chi connectivity index (χ1n) is 7.72. The van der Waals surface area contributed by atoms with Gasteiger partial charge in [-0.15, -0.1) is 0 Å². The lowest BCUT2D eigenvalue weighted by Crippen LogP contribution is -2.47. The molecule has 3 nitrogen and oxygen atoms in total. The van der Waals surface area contributed by atoms with Crippen LogP contribution in [0.15, 0.2) is 18.2 Å². The summed E-state index contributed by atoms with van der Waals surface area (Å²) in [6.45, 7) is 11.8. The fourth-order valence-electron chi connectivity index (χ4n) is 3.15. The summed E-state index contributed by atoms with van der Waals surface area (Å²) in [7, 11) is 0. The molecule has 1 N–H and O–H groups in total. The van der Waals surface area contributed by atoms with E-state index in [1.807, 2.05) is 0 Å². The zero-order valence-electron chi connectivity index (χ0n) is 12.9. The molecule has 1 aromatic carbocycles. The number of para-hydroxylation sites is 1. The van der Waals surface area contributed by atoms with E-state index in [0.29, 0.717) is 6.10 Å². The molecule has 0 aromatic heterocycles. The molecule has 0 aliphatic carbocycles. The van der Waals surface area contributed by atoms with Crippen LogP contribution in [0.3, 0.4) is 0 Å². The molecule has 0 radical (unpaired) electrons. The number of hydrogen-bond donors (Lipinski definition) is 1. The van der Waals surface area contributed by atoms with Crippen LogP contribution in [0.5, 0.6) is 0 Å². The van der Waals surface area contributed by atoms with Gasteiger partial charge in [-0.2, -0.15) is 0 Å². The van der Waals surface area contributed by atoms with Gasteiger partial charge in [-0.05, 0) is 23.0 Å². The van der Waals surface area contributed by atoms with Crippen LogP contribution < -0.4 is 5.32 Å². The predicted molar refractivity (Wildman–Crippen MR) is 83.1 cm³/mol. The number of nitrogens with zero attached hydrogens (tertiary/aromatic N) is 1. The van der Waals surface area contributed by atoms with Crippen LogP contribution in [-0.2, 0) is 17.7 Å². The molecule has 1 atom stereocenters. The molecule has 1 aromatic rings. The van der Waals surface area contributed by atoms with Crippen LogP contribution in [0, 0.1) is 5.41 Å². The average molecular weight is 274 g/mol. The third-order valence-corrected chi connectivity index (χ3v) is 4.44. The van der Waals surface area contributed by atoms with Gasteiger partial charge in [0, 0.05) is 31.9 Å². The molecule has 0 saturated carbocycles. The molecule has 110 valence electrons. The Balaban J connectivity index is 1.71. The van der Waals surface area contributed by atoms with E-state index in [1.165, 1.54) is 16.8 Å². The second-order valence-electron chi connectivity index (χ2n) is 7.09. The third-order valence-electron chi connectivity index (χ3n) is 4.44. The van der Waals surface area contributed by atoms with Gasteiger partial charge in [0.1, 0.15) is 0 Å². The van der Waals surface area contributed by atoms with Crippen molar-refractivity contribution in [1.82, 2.24) is 4.90 Å². The van der Waals surface area contributed by atoms with Gasteiger partial charge in [-0.3, -0.25) is 4.90 Å². The quantitative estimate of drug-likeness (QED) is 0.897. The number of nitrogens with one attached hydrogen (secondary N) is 1. The summed E-state index contributed by atoms with van der Waals surface area (Å²) < 4.78 is 5.95. The molecule has 3 heteroatoms. The van der Waals surface area contributed by atoms with Gasteiger partial charge in [0.15, 0.2) is 0 Å². The smallest absolute Gasteiger partial charge is 0.0750 e. The second kappa shape index (κ2) is 5.38. The first-order chi connectivity index (χ1) is 9.54. The van der Waals surface area contributed by atoms with Crippen LogP contribution >= 0.6 is 0 Å². The van der Waals surface area contributed by atoms with E-state index >= 15 is 0 Å². The minimum absolute atomic E-state index is 0.218. The molecule has 0 spiro atoms. The van der Waals surface area contributed by atoms with Crippen molar-refractivity contribution in [3.8, 4) is 0 Å². The average Bonchev–Trinajstić information content (AvgIpc) is 2.87. The number of ether oxygens (including phenoxy) is 1. The topological polar surface area (TPSA) is 24.5 Å². The summed E-state index contributed by atoms with van der Waals surface area (Å²) in [5, 5.41) is 3.54. The summed E-state index contributed by atoms with van der Waals surface area (Å²) in [6.07, 6.45) is 1.50. The van der Waals surface area contributed by atoms with Crippen molar-refractivity contribution in [3.63, 3.8) is 0 Å². The van der Waals surface area contributed by atoms with E-state index < -0.39 is 0 Å². The SMILES string of the molecule is CC(C)(C)C1CN(Cc2cccc3c2NCC3)CCO1. The van der Waals surface area contributed by atoms with Crippen molar-refractivity contribution in [2.45, 2.75) is 39.8 Å². The highest BCUT2D eigenvalue weighted by Crippen LogP contribution is 2.30. The van der Waals surface area contributed by atoms with Crippen LogP contribution in [-0.4, -0.2) is 37.2 Å². The minimum Gasteiger partial charge on any atom is -0.384 e. The van der Waals surface area contributed by atoms with Gasteiger partial charge >= 0.3 is 0 Å². The van der Waals surface area contributed by atoms with E-state index in [0.717, 1.165) is 39.2 Å². The van der Waals surface area contributed by atoms with Crippen molar-refractivity contribution in [2.75, 3.05) is 31.6 Å². The van der Waals surface area contributed by atoms with E-state index in [9.17, 15) is 0 Å². The summed E-state index contributed by atoms with van der Waals surface area (Å²) in [5.41, 5.74) is 4.51. The maximum Gasteiger partial charge on any atom is 0.0750 e. The molecule has 20 heavy (non-hydrogen) atoms. The van der Waals surface area contributed by atoms with Gasteiger partial charge in [0.25, 0.3) is 0 Å². The van der Waals surface area contributed by atoms with Crippen molar-refractivity contribution < 1.29 is 4.74 Å². The number of anilines is 1. The number of morpholine rings is 1. The number of fused-ring (bicyclic) bond motifs is 1. The number of rotatable bonds is 2. The first-order valence-corrected chi connectivity index (χ1v) is 7.72. The lowest BCUT2D eigenvalue weighted by atomic mass is 9.88. The van der Waals surface area contributed by atoms with Gasteiger partial charge in [0.05, 0.1) is 12.7 Å². The summed E-state index contributed by atoms with van der Waals surface area (Å²) in [4.78, 5) is 2.54. The lowest BCUT2D eigenvalue weighted by molar-refractivity contribution is -0.0815. The van der Waals surface area contributed by atoms with Crippen LogP contribution in [0.2, 0.25) is 0 Å². The fraction of sp³-hybridized carbons (Fsp3) is 0.647. The predicted octanol–water partition coefficient (Wildman–Crippen LogP) is 2.90. The Hall–Kier alpha value is -1.06. The molecule has 1 unspecified atom stereocenters. The second-order valence-corrected chi connectivity index (χ2v) is 7.09. The molecule has 0 amide bonds. The maximum absolute atomic E-state index is 5.95. The van der Waals surface area contributed by atoms with Crippen molar-refractivity contribution in [1.29, 1.82) is 0 Å². The monoisotopic (exact) mass is 274 g/mol. The van der Waals surface area contributed by atoms with E-state index in [4.69, 9.17) is 4.74 Å². The van der Waals surface area contributed by atoms with E-state index in [1.54, 1.807) is 0 Å². The van der Waals surface area contributed by atoms with E-state index in [2.05, 4.69) is 49.2 Å². The summed E-state index contributed by atoms with van der Waals surface area (Å²) in [6, 6.07) is 6.71. The minimum atomic E-state index is 0.218. The Morgan fingerprint density at radius 3 is 3.00 bits per heavy atom. The van der Waals surface area contributed by atoms with Crippen molar-refractivity contribution in [2.24, 2.45) is 5.41 Å². The molecular weight excluding hydrogens is 248 g/mol. The Morgan fingerprint density at radius 1 is 1.35 bits per heavy atom. The molecular formula is C17H26N2O. The molecule has 2 heterocycles. The van der Waals surface area contributed by atoms with Gasteiger partial charge in [0.2, 0.25) is 0 Å². The van der Waals surface area contributed by atoms with Crippen molar-refractivity contribution in [3.05, 3.63) is 29.3 Å². The normalized spacial score (nSPS) is 23.4. The zero-order chi connectivity index (χ0) is 14.2. The van der Waals surface area contributed by atoms with Crippen LogP contribution in [0.4, 0.5) is 5.69 Å². The zero-order valence-corrected chi connectivity index (χ0v) is 12.9. The van der Waals surface area contributed by atoms with Crippen LogP contribution in [0.1, 0.15) is 31.9 Å². The van der Waals surface area contributed by atoms with Crippen molar-refractivity contribution >= 4 is 5.69 Å². The third kappa shape index (κ3) is 2.84. The number of benzene rings is 1. The Labute approximate surface area is 122 Å². The molecule has 0 bridgehead atoms. The standard InChI is InChI=1S/C17H26N2O/c1-17(2,3)15-12-19(9-10-20-15)11-14-6-4-5-13-7-8-18-16(13)14/h4-6,15,18H,7-12H2,1-3H3. The number of hydrogen-bond acceptors (Lipinski definition) is 3. The molecule has 1 fully saturated rings. The molecule has 2 aliphatic heterocycles. The van der Waals surface area contributed by atoms with Gasteiger partial charge in [-0.1, -0.05) is 39.0 Å². The largest absolute Gasteiger partial charge is 0.384 e. The lowest BCUT2D eigenvalue weighted by Gasteiger charge is -2.39. The fourth-order valence-corrected chi connectivity index (χ4v) is 3.15. The summed E-state index contributed by atoms with van der Waals surface area (Å²) in [5.74, 6) is 0. The molecule has 3 rings (SSSR count). The van der Waals surface area contributed by atoms with E-state index in [-0.39, 0.29) is 5.41 Å². The Bertz CT molecular complexity index is 478. The highest BCUT2D eigenvalue weighted by Gasteiger charge is 2.31. The van der Waals surface area contributed by atoms with Crippen LogP contribution in [0.25, 0.3) is 0 Å². The highest BCUT2D eigenvalue weighted by molar-refractivity contribution is 5.61.